The summed E-state index contributed by atoms with van der Waals surface area (Å²) in [6.07, 6.45) is 2.84. The van der Waals surface area contributed by atoms with Crippen molar-refractivity contribution in [3.8, 4) is 5.75 Å². The van der Waals surface area contributed by atoms with Crippen LogP contribution in [0.5, 0.6) is 5.75 Å². The summed E-state index contributed by atoms with van der Waals surface area (Å²) in [6.45, 7) is 2.51. The lowest BCUT2D eigenvalue weighted by atomic mass is 10.1. The summed E-state index contributed by atoms with van der Waals surface area (Å²) in [5, 5.41) is 2.78. The number of nitrogens with two attached hydrogens (primary N) is 1. The normalized spacial score (nSPS) is 13.4. The molecule has 1 aromatic heterocycles. The molecule has 2 aromatic carbocycles. The standard InChI is InChI=1S/C24H23FN4O4/c25-21-12-17(4-5-22(21)29-6-8-32-9-7-29)24(31)28-19-3-1-2-16(10-19)15-33-20-11-18(23(26)30)13-27-14-20/h1-5,10-14H,6-9,15H2,(H2,26,30)(H,28,31). The number of hydrogen-bond donors (Lipinski definition) is 2. The number of ether oxygens (including phenoxy) is 2. The number of nitrogens with zero attached hydrogens (tertiary/aromatic N) is 2. The highest BCUT2D eigenvalue weighted by Gasteiger charge is 2.17. The van der Waals surface area contributed by atoms with E-state index in [-0.39, 0.29) is 17.7 Å². The molecule has 9 heteroatoms. The zero-order valence-electron chi connectivity index (χ0n) is 17.8. The van der Waals surface area contributed by atoms with Gasteiger partial charge in [0, 0.05) is 30.5 Å². The first-order chi connectivity index (χ1) is 16.0. The maximum Gasteiger partial charge on any atom is 0.255 e. The summed E-state index contributed by atoms with van der Waals surface area (Å²) >= 11 is 0. The Balaban J connectivity index is 1.39. The minimum absolute atomic E-state index is 0.191. The fourth-order valence-corrected chi connectivity index (χ4v) is 3.45. The van der Waals surface area contributed by atoms with E-state index in [1.54, 1.807) is 30.3 Å². The van der Waals surface area contributed by atoms with E-state index in [9.17, 15) is 14.0 Å². The second-order valence-electron chi connectivity index (χ2n) is 7.48. The van der Waals surface area contributed by atoms with Gasteiger partial charge in [-0.15, -0.1) is 0 Å². The number of carbonyl (C=O) groups is 2. The zero-order valence-corrected chi connectivity index (χ0v) is 17.8. The highest BCUT2D eigenvalue weighted by Crippen LogP contribution is 2.23. The maximum atomic E-state index is 14.6. The molecule has 1 aliphatic heterocycles. The molecule has 170 valence electrons. The number of aromatic nitrogens is 1. The smallest absolute Gasteiger partial charge is 0.255 e. The molecule has 33 heavy (non-hydrogen) atoms. The molecular weight excluding hydrogens is 427 g/mol. The number of pyridine rings is 1. The van der Waals surface area contributed by atoms with E-state index < -0.39 is 17.6 Å². The molecule has 2 amide bonds. The largest absolute Gasteiger partial charge is 0.487 e. The Labute approximate surface area is 190 Å². The van der Waals surface area contributed by atoms with Crippen LogP contribution in [0.4, 0.5) is 15.8 Å². The average Bonchev–Trinajstić information content (AvgIpc) is 2.83. The lowest BCUT2D eigenvalue weighted by molar-refractivity contribution is 0.0997. The van der Waals surface area contributed by atoms with Crippen LogP contribution in [0.1, 0.15) is 26.3 Å². The van der Waals surface area contributed by atoms with Crippen molar-refractivity contribution in [2.45, 2.75) is 6.61 Å². The minimum atomic E-state index is -0.591. The summed E-state index contributed by atoms with van der Waals surface area (Å²) in [4.78, 5) is 29.7. The van der Waals surface area contributed by atoms with Crippen molar-refractivity contribution < 1.29 is 23.5 Å². The van der Waals surface area contributed by atoms with Crippen LogP contribution in [0.2, 0.25) is 0 Å². The summed E-state index contributed by atoms with van der Waals surface area (Å²) in [6, 6.07) is 13.1. The molecule has 0 spiro atoms. The van der Waals surface area contributed by atoms with E-state index in [2.05, 4.69) is 10.3 Å². The second-order valence-corrected chi connectivity index (χ2v) is 7.48. The molecule has 1 aliphatic rings. The Hall–Kier alpha value is -3.98. The summed E-state index contributed by atoms with van der Waals surface area (Å²) in [7, 11) is 0. The molecule has 8 nitrogen and oxygen atoms in total. The van der Waals surface area contributed by atoms with Gasteiger partial charge in [-0.3, -0.25) is 14.6 Å². The molecule has 1 fully saturated rings. The Morgan fingerprint density at radius 2 is 1.91 bits per heavy atom. The SMILES string of the molecule is NC(=O)c1cncc(OCc2cccc(NC(=O)c3ccc(N4CCOCC4)c(F)c3)c2)c1. The first-order valence-electron chi connectivity index (χ1n) is 10.4. The lowest BCUT2D eigenvalue weighted by Crippen LogP contribution is -2.36. The van der Waals surface area contributed by atoms with Crippen molar-refractivity contribution in [1.82, 2.24) is 4.98 Å². The lowest BCUT2D eigenvalue weighted by Gasteiger charge is -2.29. The predicted molar refractivity (Wildman–Crippen MR) is 121 cm³/mol. The van der Waals surface area contributed by atoms with Gasteiger partial charge in [-0.25, -0.2) is 4.39 Å². The molecule has 3 aromatic rings. The number of benzene rings is 2. The molecule has 4 rings (SSSR count). The van der Waals surface area contributed by atoms with Gasteiger partial charge >= 0.3 is 0 Å². The van der Waals surface area contributed by atoms with Gasteiger partial charge in [0.05, 0.1) is 30.7 Å². The van der Waals surface area contributed by atoms with Gasteiger partial charge in [0.15, 0.2) is 0 Å². The quantitative estimate of drug-likeness (QED) is 0.573. The van der Waals surface area contributed by atoms with Gasteiger partial charge in [-0.1, -0.05) is 12.1 Å². The average molecular weight is 450 g/mol. The van der Waals surface area contributed by atoms with Crippen LogP contribution in [0, 0.1) is 5.82 Å². The number of primary amides is 1. The highest BCUT2D eigenvalue weighted by molar-refractivity contribution is 6.04. The van der Waals surface area contributed by atoms with E-state index in [4.69, 9.17) is 15.2 Å². The monoisotopic (exact) mass is 450 g/mol. The van der Waals surface area contributed by atoms with E-state index in [0.29, 0.717) is 43.4 Å². The van der Waals surface area contributed by atoms with Gasteiger partial charge in [-0.2, -0.15) is 0 Å². The predicted octanol–water partition coefficient (Wildman–Crippen LogP) is 2.99. The van der Waals surface area contributed by atoms with Crippen LogP contribution in [-0.2, 0) is 11.3 Å². The molecule has 1 saturated heterocycles. The van der Waals surface area contributed by atoms with Gasteiger partial charge in [-0.05, 0) is 42.0 Å². The number of carbonyl (C=O) groups excluding carboxylic acids is 2. The van der Waals surface area contributed by atoms with Gasteiger partial charge in [0.1, 0.15) is 18.2 Å². The van der Waals surface area contributed by atoms with E-state index in [1.165, 1.54) is 24.5 Å². The van der Waals surface area contributed by atoms with Crippen LogP contribution >= 0.6 is 0 Å². The third-order valence-electron chi connectivity index (χ3n) is 5.15. The molecule has 0 unspecified atom stereocenters. The number of amides is 2. The number of hydrogen-bond acceptors (Lipinski definition) is 6. The summed E-state index contributed by atoms with van der Waals surface area (Å²) in [5.74, 6) is -1.05. The number of morpholine rings is 1. The third-order valence-corrected chi connectivity index (χ3v) is 5.15. The van der Waals surface area contributed by atoms with Gasteiger partial charge in [0.25, 0.3) is 5.91 Å². The molecule has 0 atom stereocenters. The minimum Gasteiger partial charge on any atom is -0.487 e. The first-order valence-corrected chi connectivity index (χ1v) is 10.4. The summed E-state index contributed by atoms with van der Waals surface area (Å²) < 4.78 is 25.6. The Kier molecular flexibility index (Phi) is 6.80. The molecule has 0 saturated carbocycles. The second kappa shape index (κ2) is 10.1. The molecule has 3 N–H and O–H groups in total. The third kappa shape index (κ3) is 5.64. The molecular formula is C24H23FN4O4. The van der Waals surface area contributed by atoms with Crippen LogP contribution in [-0.4, -0.2) is 43.1 Å². The van der Waals surface area contributed by atoms with Crippen molar-refractivity contribution in [3.05, 3.63) is 83.4 Å². The van der Waals surface area contributed by atoms with Crippen molar-refractivity contribution in [2.24, 2.45) is 5.73 Å². The van der Waals surface area contributed by atoms with Crippen molar-refractivity contribution in [1.29, 1.82) is 0 Å². The van der Waals surface area contributed by atoms with Crippen molar-refractivity contribution in [2.75, 3.05) is 36.5 Å². The number of anilines is 2. The van der Waals surface area contributed by atoms with Crippen LogP contribution in [0.15, 0.2) is 60.9 Å². The fraction of sp³-hybridized carbons (Fsp3) is 0.208. The van der Waals surface area contributed by atoms with Crippen molar-refractivity contribution in [3.63, 3.8) is 0 Å². The fourth-order valence-electron chi connectivity index (χ4n) is 3.45. The topological polar surface area (TPSA) is 107 Å². The Morgan fingerprint density at radius 1 is 1.09 bits per heavy atom. The number of nitrogens with one attached hydrogen (secondary N) is 1. The van der Waals surface area contributed by atoms with Gasteiger partial charge in [0.2, 0.25) is 5.91 Å². The summed E-state index contributed by atoms with van der Waals surface area (Å²) in [5.41, 5.74) is 7.52. The van der Waals surface area contributed by atoms with Crippen LogP contribution < -0.4 is 20.7 Å². The first kappa shape index (κ1) is 22.2. The number of halogens is 1. The highest BCUT2D eigenvalue weighted by atomic mass is 19.1. The van der Waals surface area contributed by atoms with E-state index in [1.807, 2.05) is 11.0 Å². The number of rotatable bonds is 7. The zero-order chi connectivity index (χ0) is 23.2. The van der Waals surface area contributed by atoms with E-state index in [0.717, 1.165) is 5.56 Å². The van der Waals surface area contributed by atoms with Crippen molar-refractivity contribution >= 4 is 23.2 Å². The molecule has 0 bridgehead atoms. The van der Waals surface area contributed by atoms with Crippen LogP contribution in [0.3, 0.4) is 0 Å². The van der Waals surface area contributed by atoms with Crippen LogP contribution in [0.25, 0.3) is 0 Å². The Morgan fingerprint density at radius 3 is 2.67 bits per heavy atom. The Bertz CT molecular complexity index is 1160. The maximum absolute atomic E-state index is 14.6. The van der Waals surface area contributed by atoms with Gasteiger partial charge < -0.3 is 25.4 Å². The molecule has 0 radical (unpaired) electrons. The molecule has 0 aliphatic carbocycles. The molecule has 2 heterocycles. The van der Waals surface area contributed by atoms with E-state index >= 15 is 0 Å².